The molecule has 0 aromatic heterocycles. The van der Waals surface area contributed by atoms with Gasteiger partial charge < -0.3 is 10.4 Å². The molecular formula is C14H22F3NO3. The summed E-state index contributed by atoms with van der Waals surface area (Å²) in [6.45, 7) is 1.83. The molecule has 122 valence electrons. The molecule has 1 saturated carbocycles. The van der Waals surface area contributed by atoms with Gasteiger partial charge in [0.1, 0.15) is 0 Å². The summed E-state index contributed by atoms with van der Waals surface area (Å²) in [7, 11) is 0. The van der Waals surface area contributed by atoms with Gasteiger partial charge in [0, 0.05) is 12.0 Å². The first-order chi connectivity index (χ1) is 9.75. The third kappa shape index (κ3) is 5.55. The third-order valence-electron chi connectivity index (χ3n) is 3.93. The highest BCUT2D eigenvalue weighted by Gasteiger charge is 2.48. The molecule has 3 atom stereocenters. The number of rotatable bonds is 6. The lowest BCUT2D eigenvalue weighted by molar-refractivity contribution is -0.198. The fourth-order valence-electron chi connectivity index (χ4n) is 2.93. The summed E-state index contributed by atoms with van der Waals surface area (Å²) in [5.41, 5.74) is 0. The molecular weight excluding hydrogens is 287 g/mol. The molecule has 1 aliphatic carbocycles. The van der Waals surface area contributed by atoms with Gasteiger partial charge in [0.25, 0.3) is 0 Å². The summed E-state index contributed by atoms with van der Waals surface area (Å²) in [5.74, 6) is -4.42. The van der Waals surface area contributed by atoms with Crippen LogP contribution in [-0.2, 0) is 9.59 Å². The van der Waals surface area contributed by atoms with E-state index < -0.39 is 35.9 Å². The zero-order valence-corrected chi connectivity index (χ0v) is 12.1. The molecule has 0 spiro atoms. The smallest absolute Gasteiger partial charge is 0.392 e. The fourth-order valence-corrected chi connectivity index (χ4v) is 2.93. The maximum absolute atomic E-state index is 13.0. The molecule has 2 N–H and O–H groups in total. The fraction of sp³-hybridized carbons (Fsp3) is 0.857. The van der Waals surface area contributed by atoms with Crippen LogP contribution in [0.3, 0.4) is 0 Å². The van der Waals surface area contributed by atoms with Crippen molar-refractivity contribution in [1.82, 2.24) is 5.32 Å². The predicted molar refractivity (Wildman–Crippen MR) is 70.6 cm³/mol. The molecule has 0 bridgehead atoms. The Hall–Kier alpha value is -1.27. The van der Waals surface area contributed by atoms with Crippen molar-refractivity contribution in [2.75, 3.05) is 0 Å². The van der Waals surface area contributed by atoms with Crippen molar-refractivity contribution >= 4 is 11.9 Å². The van der Waals surface area contributed by atoms with Crippen LogP contribution in [0.4, 0.5) is 13.2 Å². The van der Waals surface area contributed by atoms with Crippen molar-refractivity contribution < 1.29 is 27.9 Å². The number of carbonyl (C=O) groups excluding carboxylic acids is 1. The number of halogens is 3. The highest BCUT2D eigenvalue weighted by atomic mass is 19.4. The summed E-state index contributed by atoms with van der Waals surface area (Å²) < 4.78 is 38.9. The zero-order valence-electron chi connectivity index (χ0n) is 12.1. The molecule has 0 aromatic carbocycles. The van der Waals surface area contributed by atoms with Gasteiger partial charge in [0.15, 0.2) is 0 Å². The summed E-state index contributed by atoms with van der Waals surface area (Å²) in [6, 6.07) is -0.601. The monoisotopic (exact) mass is 309 g/mol. The topological polar surface area (TPSA) is 66.4 Å². The van der Waals surface area contributed by atoms with Gasteiger partial charge in [-0.2, -0.15) is 13.2 Å². The van der Waals surface area contributed by atoms with Crippen LogP contribution in [0.15, 0.2) is 0 Å². The van der Waals surface area contributed by atoms with Crippen LogP contribution in [0.2, 0.25) is 0 Å². The molecule has 7 heteroatoms. The van der Waals surface area contributed by atoms with E-state index in [1.54, 1.807) is 0 Å². The lowest BCUT2D eigenvalue weighted by Crippen LogP contribution is -2.46. The Morgan fingerprint density at radius 3 is 2.43 bits per heavy atom. The van der Waals surface area contributed by atoms with Crippen molar-refractivity contribution in [1.29, 1.82) is 0 Å². The van der Waals surface area contributed by atoms with Gasteiger partial charge in [-0.3, -0.25) is 9.59 Å². The van der Waals surface area contributed by atoms with Crippen molar-refractivity contribution in [2.24, 2.45) is 11.8 Å². The van der Waals surface area contributed by atoms with E-state index in [9.17, 15) is 22.8 Å². The number of nitrogens with one attached hydrogen (secondary N) is 1. The van der Waals surface area contributed by atoms with Crippen molar-refractivity contribution in [3.8, 4) is 0 Å². The van der Waals surface area contributed by atoms with E-state index in [1.165, 1.54) is 0 Å². The first kappa shape index (κ1) is 17.8. The number of amides is 1. The second-order valence-corrected chi connectivity index (χ2v) is 5.63. The minimum Gasteiger partial charge on any atom is -0.481 e. The molecule has 3 unspecified atom stereocenters. The quantitative estimate of drug-likeness (QED) is 0.792. The SMILES string of the molecule is CCCC(CC(=O)O)NC(=O)C1CCCCC1C(F)(F)F. The molecule has 1 aliphatic rings. The summed E-state index contributed by atoms with van der Waals surface area (Å²) >= 11 is 0. The second kappa shape index (κ2) is 7.66. The average molecular weight is 309 g/mol. The molecule has 0 aromatic rings. The van der Waals surface area contributed by atoms with Crippen LogP contribution in [-0.4, -0.2) is 29.2 Å². The number of alkyl halides is 3. The van der Waals surface area contributed by atoms with Crippen LogP contribution in [0.1, 0.15) is 51.9 Å². The first-order valence-corrected chi connectivity index (χ1v) is 7.34. The van der Waals surface area contributed by atoms with E-state index in [4.69, 9.17) is 5.11 Å². The van der Waals surface area contributed by atoms with Crippen LogP contribution in [0.5, 0.6) is 0 Å². The average Bonchev–Trinajstić information content (AvgIpc) is 2.37. The van der Waals surface area contributed by atoms with E-state index in [1.807, 2.05) is 6.92 Å². The Bertz CT molecular complexity index is 371. The van der Waals surface area contributed by atoms with Gasteiger partial charge in [-0.05, 0) is 19.3 Å². The maximum atomic E-state index is 13.0. The summed E-state index contributed by atoms with van der Waals surface area (Å²) in [5, 5.41) is 11.3. The lowest BCUT2D eigenvalue weighted by atomic mass is 9.78. The Labute approximate surface area is 122 Å². The summed E-state index contributed by atoms with van der Waals surface area (Å²) in [4.78, 5) is 22.9. The number of aliphatic carboxylic acids is 1. The minimum atomic E-state index is -4.38. The van der Waals surface area contributed by atoms with E-state index >= 15 is 0 Å². The molecule has 0 radical (unpaired) electrons. The van der Waals surface area contributed by atoms with E-state index in [0.717, 1.165) is 0 Å². The molecule has 0 saturated heterocycles. The molecule has 0 heterocycles. The minimum absolute atomic E-state index is 0.0288. The van der Waals surface area contributed by atoms with Crippen LogP contribution in [0, 0.1) is 11.8 Å². The van der Waals surface area contributed by atoms with Gasteiger partial charge in [0.05, 0.1) is 12.3 Å². The third-order valence-corrected chi connectivity index (χ3v) is 3.93. The number of carboxylic acid groups (broad SMARTS) is 1. The lowest BCUT2D eigenvalue weighted by Gasteiger charge is -2.33. The van der Waals surface area contributed by atoms with Gasteiger partial charge in [-0.15, -0.1) is 0 Å². The normalized spacial score (nSPS) is 24.4. The predicted octanol–water partition coefficient (Wildman–Crippen LogP) is 3.11. The van der Waals surface area contributed by atoms with E-state index in [-0.39, 0.29) is 19.3 Å². The maximum Gasteiger partial charge on any atom is 0.392 e. The van der Waals surface area contributed by atoms with Gasteiger partial charge in [-0.1, -0.05) is 26.2 Å². The molecule has 0 aliphatic heterocycles. The first-order valence-electron chi connectivity index (χ1n) is 7.34. The van der Waals surface area contributed by atoms with Crippen LogP contribution >= 0.6 is 0 Å². The highest BCUT2D eigenvalue weighted by molar-refractivity contribution is 5.80. The largest absolute Gasteiger partial charge is 0.481 e. The number of hydrogen-bond acceptors (Lipinski definition) is 2. The van der Waals surface area contributed by atoms with Crippen LogP contribution < -0.4 is 5.32 Å². The van der Waals surface area contributed by atoms with Gasteiger partial charge in [-0.25, -0.2) is 0 Å². The highest BCUT2D eigenvalue weighted by Crippen LogP contribution is 2.41. The Morgan fingerprint density at radius 1 is 1.29 bits per heavy atom. The van der Waals surface area contributed by atoms with Crippen molar-refractivity contribution in [3.05, 3.63) is 0 Å². The second-order valence-electron chi connectivity index (χ2n) is 5.63. The van der Waals surface area contributed by atoms with E-state index in [0.29, 0.717) is 25.7 Å². The molecule has 4 nitrogen and oxygen atoms in total. The number of hydrogen-bond donors (Lipinski definition) is 2. The summed E-state index contributed by atoms with van der Waals surface area (Å²) in [6.07, 6.45) is -2.28. The zero-order chi connectivity index (χ0) is 16.0. The van der Waals surface area contributed by atoms with E-state index in [2.05, 4.69) is 5.32 Å². The molecule has 21 heavy (non-hydrogen) atoms. The molecule has 1 fully saturated rings. The number of carbonyl (C=O) groups is 2. The Balaban J connectivity index is 2.71. The molecule has 1 amide bonds. The Kier molecular flexibility index (Phi) is 6.48. The molecule has 1 rings (SSSR count). The van der Waals surface area contributed by atoms with Crippen molar-refractivity contribution in [3.63, 3.8) is 0 Å². The van der Waals surface area contributed by atoms with Crippen LogP contribution in [0.25, 0.3) is 0 Å². The van der Waals surface area contributed by atoms with Gasteiger partial charge in [0.2, 0.25) is 5.91 Å². The van der Waals surface area contributed by atoms with Crippen molar-refractivity contribution in [2.45, 2.75) is 64.1 Å². The Morgan fingerprint density at radius 2 is 1.90 bits per heavy atom. The standard InChI is InChI=1S/C14H22F3NO3/c1-2-5-9(8-12(19)20)18-13(21)10-6-3-4-7-11(10)14(15,16)17/h9-11H,2-8H2,1H3,(H,18,21)(H,19,20). The number of carboxylic acids is 1. The van der Waals surface area contributed by atoms with Gasteiger partial charge >= 0.3 is 12.1 Å².